The molecule has 2 N–H and O–H groups in total. The van der Waals surface area contributed by atoms with Gasteiger partial charge < -0.3 is 15.0 Å². The molecule has 3 heterocycles. The SMILES string of the molecule is N#Cc1ccc(Cl)cc1NC(=O)CSc1nnc(-c2c[nH]c3ccccc23)n1C[C@H]1CCCO1. The molecule has 1 fully saturated rings. The zero-order valence-electron chi connectivity index (χ0n) is 18.1. The molecule has 8 nitrogen and oxygen atoms in total. The maximum Gasteiger partial charge on any atom is 0.234 e. The Hall–Kier alpha value is -3.32. The standard InChI is InChI=1S/C24H21ClN6O2S/c25-16-8-7-15(11-26)21(10-16)28-22(32)14-34-24-30-29-23(31(24)13-17-4-3-9-33-17)19-12-27-20-6-2-1-5-18(19)20/h1-2,5-8,10,12,17,27H,3-4,9,13-14H2,(H,28,32)/t17-/m1/s1. The maximum atomic E-state index is 12.7. The van der Waals surface area contributed by atoms with Gasteiger partial charge in [-0.25, -0.2) is 0 Å². The molecule has 0 bridgehead atoms. The Kier molecular flexibility index (Phi) is 6.54. The van der Waals surface area contributed by atoms with Crippen LogP contribution >= 0.6 is 23.4 Å². The summed E-state index contributed by atoms with van der Waals surface area (Å²) in [5.74, 6) is 0.580. The van der Waals surface area contributed by atoms with Crippen molar-refractivity contribution in [2.45, 2.75) is 30.6 Å². The van der Waals surface area contributed by atoms with Gasteiger partial charge in [0.05, 0.1) is 29.7 Å². The number of carbonyl (C=O) groups excluding carboxylic acids is 1. The Morgan fingerprint density at radius 2 is 2.21 bits per heavy atom. The van der Waals surface area contributed by atoms with E-state index in [1.807, 2.05) is 35.0 Å². The second-order valence-corrected chi connectivity index (χ2v) is 9.32. The van der Waals surface area contributed by atoms with Crippen LogP contribution in [0, 0.1) is 11.3 Å². The number of nitriles is 1. The van der Waals surface area contributed by atoms with Crippen LogP contribution in [0.15, 0.2) is 53.8 Å². The molecule has 0 aliphatic carbocycles. The number of aromatic amines is 1. The number of amides is 1. The number of H-pyrrole nitrogens is 1. The predicted octanol–water partition coefficient (Wildman–Crippen LogP) is 4.86. The number of carbonyl (C=O) groups is 1. The molecule has 2 aromatic heterocycles. The molecule has 1 aliphatic rings. The molecular formula is C24H21ClN6O2S. The number of para-hydroxylation sites is 1. The van der Waals surface area contributed by atoms with E-state index in [-0.39, 0.29) is 17.8 Å². The minimum Gasteiger partial charge on any atom is -0.376 e. The van der Waals surface area contributed by atoms with Gasteiger partial charge in [0.2, 0.25) is 5.91 Å². The number of hydrogen-bond donors (Lipinski definition) is 2. The van der Waals surface area contributed by atoms with Crippen molar-refractivity contribution >= 4 is 45.9 Å². The minimum atomic E-state index is -0.260. The topological polar surface area (TPSA) is 109 Å². The summed E-state index contributed by atoms with van der Waals surface area (Å²) in [6.07, 6.45) is 4.02. The monoisotopic (exact) mass is 492 g/mol. The number of benzene rings is 2. The number of ether oxygens (including phenoxy) is 1. The lowest BCUT2D eigenvalue weighted by molar-refractivity contribution is -0.113. The summed E-state index contributed by atoms with van der Waals surface area (Å²) in [5.41, 5.74) is 2.72. The summed E-state index contributed by atoms with van der Waals surface area (Å²) in [6, 6.07) is 14.9. The van der Waals surface area contributed by atoms with Crippen LogP contribution in [-0.4, -0.2) is 44.1 Å². The highest BCUT2D eigenvalue weighted by molar-refractivity contribution is 7.99. The van der Waals surface area contributed by atoms with Gasteiger partial charge >= 0.3 is 0 Å². The first-order valence-corrected chi connectivity index (χ1v) is 12.2. The first-order valence-electron chi connectivity index (χ1n) is 10.9. The Bertz CT molecular complexity index is 1390. The molecule has 4 aromatic rings. The molecular weight excluding hydrogens is 472 g/mol. The molecule has 1 saturated heterocycles. The smallest absolute Gasteiger partial charge is 0.234 e. The first kappa shape index (κ1) is 22.5. The molecule has 0 saturated carbocycles. The van der Waals surface area contributed by atoms with E-state index in [9.17, 15) is 10.1 Å². The Balaban J connectivity index is 1.39. The molecule has 0 radical (unpaired) electrons. The van der Waals surface area contributed by atoms with Crippen LogP contribution in [0.3, 0.4) is 0 Å². The normalized spacial score (nSPS) is 15.5. The van der Waals surface area contributed by atoms with Crippen molar-refractivity contribution in [3.8, 4) is 17.5 Å². The van der Waals surface area contributed by atoms with Crippen LogP contribution in [-0.2, 0) is 16.1 Å². The van der Waals surface area contributed by atoms with E-state index in [4.69, 9.17) is 16.3 Å². The lowest BCUT2D eigenvalue weighted by Crippen LogP contribution is -2.18. The summed E-state index contributed by atoms with van der Waals surface area (Å²) in [6.45, 7) is 1.36. The third-order valence-electron chi connectivity index (χ3n) is 5.67. The van der Waals surface area contributed by atoms with Gasteiger partial charge in [-0.2, -0.15) is 5.26 Å². The average molecular weight is 493 g/mol. The van der Waals surface area contributed by atoms with Crippen molar-refractivity contribution < 1.29 is 9.53 Å². The number of hydrogen-bond acceptors (Lipinski definition) is 6. The van der Waals surface area contributed by atoms with Gasteiger partial charge in [-0.05, 0) is 37.1 Å². The number of aromatic nitrogens is 4. The van der Waals surface area contributed by atoms with E-state index < -0.39 is 0 Å². The molecule has 10 heteroatoms. The molecule has 1 aliphatic heterocycles. The van der Waals surface area contributed by atoms with Crippen molar-refractivity contribution in [3.05, 3.63) is 59.2 Å². The maximum absolute atomic E-state index is 12.7. The molecule has 172 valence electrons. The molecule has 34 heavy (non-hydrogen) atoms. The van der Waals surface area contributed by atoms with Crippen molar-refractivity contribution in [2.75, 3.05) is 17.7 Å². The number of anilines is 1. The lowest BCUT2D eigenvalue weighted by atomic mass is 10.1. The highest BCUT2D eigenvalue weighted by atomic mass is 35.5. The average Bonchev–Trinajstić information content (AvgIpc) is 3.58. The number of thioether (sulfide) groups is 1. The number of rotatable bonds is 7. The van der Waals surface area contributed by atoms with Crippen LogP contribution in [0.4, 0.5) is 5.69 Å². The summed E-state index contributed by atoms with van der Waals surface area (Å²) >= 11 is 7.32. The van der Waals surface area contributed by atoms with E-state index in [1.165, 1.54) is 11.8 Å². The van der Waals surface area contributed by atoms with Crippen molar-refractivity contribution in [3.63, 3.8) is 0 Å². The number of fused-ring (bicyclic) bond motifs is 1. The summed E-state index contributed by atoms with van der Waals surface area (Å²) in [5, 5.41) is 23.1. The fourth-order valence-corrected chi connectivity index (χ4v) is 4.96. The summed E-state index contributed by atoms with van der Waals surface area (Å²) in [4.78, 5) is 15.9. The minimum absolute atomic E-state index is 0.0813. The van der Waals surface area contributed by atoms with E-state index in [1.54, 1.807) is 18.2 Å². The van der Waals surface area contributed by atoms with Gasteiger partial charge in [0.15, 0.2) is 11.0 Å². The van der Waals surface area contributed by atoms with Gasteiger partial charge in [-0.1, -0.05) is 41.6 Å². The molecule has 0 spiro atoms. The van der Waals surface area contributed by atoms with Gasteiger partial charge in [-0.15, -0.1) is 10.2 Å². The molecule has 0 unspecified atom stereocenters. The van der Waals surface area contributed by atoms with Crippen LogP contribution in [0.1, 0.15) is 18.4 Å². The fourth-order valence-electron chi connectivity index (χ4n) is 4.04. The number of halogens is 1. The van der Waals surface area contributed by atoms with E-state index in [2.05, 4.69) is 26.6 Å². The third-order valence-corrected chi connectivity index (χ3v) is 6.87. The number of nitrogens with zero attached hydrogens (tertiary/aromatic N) is 4. The predicted molar refractivity (Wildman–Crippen MR) is 132 cm³/mol. The molecule has 5 rings (SSSR count). The van der Waals surface area contributed by atoms with Crippen LogP contribution in [0.5, 0.6) is 0 Å². The Morgan fingerprint density at radius 1 is 1.32 bits per heavy atom. The van der Waals surface area contributed by atoms with E-state index >= 15 is 0 Å². The van der Waals surface area contributed by atoms with E-state index in [0.29, 0.717) is 28.0 Å². The molecule has 1 amide bonds. The van der Waals surface area contributed by atoms with Crippen molar-refractivity contribution in [1.82, 2.24) is 19.7 Å². The van der Waals surface area contributed by atoms with Crippen molar-refractivity contribution in [2.24, 2.45) is 0 Å². The second kappa shape index (κ2) is 9.89. The van der Waals surface area contributed by atoms with E-state index in [0.717, 1.165) is 41.7 Å². The summed E-state index contributed by atoms with van der Waals surface area (Å²) in [7, 11) is 0. The molecule has 2 aromatic carbocycles. The summed E-state index contributed by atoms with van der Waals surface area (Å²) < 4.78 is 7.90. The van der Waals surface area contributed by atoms with Gasteiger partial charge in [-0.3, -0.25) is 9.36 Å². The quantitative estimate of drug-likeness (QED) is 0.356. The van der Waals surface area contributed by atoms with Gasteiger partial charge in [0.1, 0.15) is 6.07 Å². The fraction of sp³-hybridized carbons (Fsp3) is 0.250. The Labute approximate surface area is 205 Å². The highest BCUT2D eigenvalue weighted by Crippen LogP contribution is 2.31. The van der Waals surface area contributed by atoms with Crippen molar-refractivity contribution in [1.29, 1.82) is 5.26 Å². The zero-order valence-corrected chi connectivity index (χ0v) is 19.7. The second-order valence-electron chi connectivity index (χ2n) is 7.94. The first-order chi connectivity index (χ1) is 16.6. The van der Waals surface area contributed by atoms with Crippen LogP contribution in [0.25, 0.3) is 22.3 Å². The number of nitrogens with one attached hydrogen (secondary N) is 2. The van der Waals surface area contributed by atoms with Crippen LogP contribution in [0.2, 0.25) is 5.02 Å². The molecule has 1 atom stereocenters. The highest BCUT2D eigenvalue weighted by Gasteiger charge is 2.23. The van der Waals surface area contributed by atoms with Crippen LogP contribution < -0.4 is 5.32 Å². The third kappa shape index (κ3) is 4.66. The largest absolute Gasteiger partial charge is 0.376 e. The van der Waals surface area contributed by atoms with Gasteiger partial charge in [0.25, 0.3) is 0 Å². The Morgan fingerprint density at radius 3 is 3.03 bits per heavy atom. The lowest BCUT2D eigenvalue weighted by Gasteiger charge is -2.14. The van der Waals surface area contributed by atoms with Gasteiger partial charge in [0, 0.05) is 34.3 Å². The zero-order chi connectivity index (χ0) is 23.5.